The first-order valence-corrected chi connectivity index (χ1v) is 9.37. The Hall–Kier alpha value is -3.65. The Morgan fingerprint density at radius 2 is 1.21 bits per heavy atom. The van der Waals surface area contributed by atoms with E-state index in [0.29, 0.717) is 12.2 Å². The number of hydrogen-bond acceptors (Lipinski definition) is 2. The Morgan fingerprint density at radius 1 is 0.571 bits per heavy atom. The van der Waals surface area contributed by atoms with Gasteiger partial charge in [0.25, 0.3) is 0 Å². The van der Waals surface area contributed by atoms with Crippen molar-refractivity contribution in [3.05, 3.63) is 103 Å². The van der Waals surface area contributed by atoms with Crippen molar-refractivity contribution >= 4 is 38.3 Å². The van der Waals surface area contributed by atoms with E-state index in [-0.39, 0.29) is 5.97 Å². The highest BCUT2D eigenvalue weighted by molar-refractivity contribution is 6.11. The third-order valence-electron chi connectivity index (χ3n) is 5.14. The number of rotatable bonds is 0. The van der Waals surface area contributed by atoms with Crippen LogP contribution in [0.4, 0.5) is 0 Å². The van der Waals surface area contributed by atoms with E-state index in [1.165, 1.54) is 32.3 Å². The maximum atomic E-state index is 10.7. The topological polar surface area (TPSA) is 26.3 Å². The van der Waals surface area contributed by atoms with Gasteiger partial charge in [-0.1, -0.05) is 78.9 Å². The van der Waals surface area contributed by atoms with Crippen LogP contribution >= 0.6 is 0 Å². The zero-order chi connectivity index (χ0) is 18.9. The quantitative estimate of drug-likeness (QED) is 0.140. The molecule has 0 fully saturated rings. The maximum Gasteiger partial charge on any atom is 0.315 e. The van der Waals surface area contributed by atoms with Crippen molar-refractivity contribution in [2.45, 2.75) is 6.42 Å². The van der Waals surface area contributed by atoms with Crippen LogP contribution in [0.5, 0.6) is 5.75 Å². The standard InChI is InChI=1S/C18H12.C8H6O2/c1-2-7-15-12-18-16(11-14(15)6-1)10-9-13-5-3-4-8-17(13)18;9-8-5-6-3-1-2-4-7(6)10-8/h1-12H;1-4H,5H2. The lowest BCUT2D eigenvalue weighted by atomic mass is 9.98. The van der Waals surface area contributed by atoms with Gasteiger partial charge >= 0.3 is 5.97 Å². The number of esters is 1. The second-order valence-corrected chi connectivity index (χ2v) is 6.97. The van der Waals surface area contributed by atoms with E-state index in [1.807, 2.05) is 18.2 Å². The number of carbonyl (C=O) groups is 1. The fourth-order valence-corrected chi connectivity index (χ4v) is 3.76. The van der Waals surface area contributed by atoms with Gasteiger partial charge < -0.3 is 4.74 Å². The summed E-state index contributed by atoms with van der Waals surface area (Å²) in [6.45, 7) is 0. The summed E-state index contributed by atoms with van der Waals surface area (Å²) in [4.78, 5) is 10.7. The molecule has 2 heteroatoms. The van der Waals surface area contributed by atoms with Gasteiger partial charge in [0.05, 0.1) is 6.42 Å². The molecule has 0 N–H and O–H groups in total. The van der Waals surface area contributed by atoms with Gasteiger partial charge in [-0.3, -0.25) is 4.79 Å². The summed E-state index contributed by atoms with van der Waals surface area (Å²) in [5.74, 6) is 0.564. The maximum absolute atomic E-state index is 10.7. The highest BCUT2D eigenvalue weighted by Gasteiger charge is 2.18. The minimum Gasteiger partial charge on any atom is -0.426 e. The first-order chi connectivity index (χ1) is 13.8. The van der Waals surface area contributed by atoms with Crippen molar-refractivity contribution in [2.24, 2.45) is 0 Å². The lowest BCUT2D eigenvalue weighted by molar-refractivity contribution is -0.131. The normalized spacial score (nSPS) is 12.5. The molecule has 1 heterocycles. The summed E-state index contributed by atoms with van der Waals surface area (Å²) in [7, 11) is 0. The summed E-state index contributed by atoms with van der Waals surface area (Å²) in [5, 5.41) is 7.90. The number of carbonyl (C=O) groups excluding carboxylic acids is 1. The molecule has 0 radical (unpaired) electrons. The predicted octanol–water partition coefficient (Wildman–Crippen LogP) is 6.29. The van der Waals surface area contributed by atoms with E-state index in [2.05, 4.69) is 72.8 Å². The zero-order valence-corrected chi connectivity index (χ0v) is 15.3. The zero-order valence-electron chi connectivity index (χ0n) is 15.3. The first kappa shape index (κ1) is 16.5. The molecule has 0 amide bonds. The number of benzene rings is 5. The molecule has 5 aromatic rings. The minimum absolute atomic E-state index is 0.152. The average molecular weight is 362 g/mol. The fourth-order valence-electron chi connectivity index (χ4n) is 3.76. The van der Waals surface area contributed by atoms with Gasteiger partial charge in [0.15, 0.2) is 0 Å². The second kappa shape index (κ2) is 6.82. The molecule has 0 saturated carbocycles. The third kappa shape index (κ3) is 2.99. The van der Waals surface area contributed by atoms with Gasteiger partial charge in [0.2, 0.25) is 0 Å². The van der Waals surface area contributed by atoms with E-state index in [0.717, 1.165) is 5.56 Å². The van der Waals surface area contributed by atoms with Gasteiger partial charge in [-0.15, -0.1) is 0 Å². The van der Waals surface area contributed by atoms with Crippen molar-refractivity contribution in [1.82, 2.24) is 0 Å². The molecule has 0 saturated heterocycles. The fraction of sp³-hybridized carbons (Fsp3) is 0.0385. The van der Waals surface area contributed by atoms with Crippen LogP contribution in [0.2, 0.25) is 0 Å². The molecule has 0 aromatic heterocycles. The lowest BCUT2D eigenvalue weighted by Crippen LogP contribution is -1.99. The van der Waals surface area contributed by atoms with E-state index < -0.39 is 0 Å². The lowest BCUT2D eigenvalue weighted by Gasteiger charge is -2.06. The Kier molecular flexibility index (Phi) is 4.02. The molecule has 1 aliphatic rings. The summed E-state index contributed by atoms with van der Waals surface area (Å²) in [6.07, 6.45) is 0.427. The number of para-hydroxylation sites is 1. The van der Waals surface area contributed by atoms with Gasteiger partial charge in [-0.25, -0.2) is 0 Å². The third-order valence-corrected chi connectivity index (χ3v) is 5.14. The van der Waals surface area contributed by atoms with Gasteiger partial charge in [-0.2, -0.15) is 0 Å². The van der Waals surface area contributed by atoms with Crippen LogP contribution in [0, 0.1) is 0 Å². The van der Waals surface area contributed by atoms with Crippen LogP contribution in [0.25, 0.3) is 32.3 Å². The molecule has 28 heavy (non-hydrogen) atoms. The van der Waals surface area contributed by atoms with E-state index in [4.69, 9.17) is 4.74 Å². The Morgan fingerprint density at radius 3 is 2.04 bits per heavy atom. The Balaban J connectivity index is 0.000000145. The second-order valence-electron chi connectivity index (χ2n) is 6.97. The van der Waals surface area contributed by atoms with Crippen molar-refractivity contribution in [3.8, 4) is 5.75 Å². The molecule has 2 nitrogen and oxygen atoms in total. The predicted molar refractivity (Wildman–Crippen MR) is 115 cm³/mol. The Labute approximate surface area is 163 Å². The first-order valence-electron chi connectivity index (χ1n) is 9.37. The van der Waals surface area contributed by atoms with Gasteiger partial charge in [-0.05, 0) is 50.5 Å². The van der Waals surface area contributed by atoms with Gasteiger partial charge in [0.1, 0.15) is 5.75 Å². The molecule has 1 aliphatic heterocycles. The molecule has 0 atom stereocenters. The van der Waals surface area contributed by atoms with Crippen molar-refractivity contribution in [1.29, 1.82) is 0 Å². The van der Waals surface area contributed by atoms with Crippen LogP contribution in [0.15, 0.2) is 97.1 Å². The molecule has 5 aromatic carbocycles. The Bertz CT molecular complexity index is 1300. The molecule has 0 unspecified atom stereocenters. The van der Waals surface area contributed by atoms with E-state index >= 15 is 0 Å². The summed E-state index contributed by atoms with van der Waals surface area (Å²) in [6, 6.07) is 33.6. The van der Waals surface area contributed by atoms with Crippen molar-refractivity contribution in [2.75, 3.05) is 0 Å². The molecule has 0 aliphatic carbocycles. The number of ether oxygens (including phenoxy) is 1. The number of hydrogen-bond donors (Lipinski definition) is 0. The number of fused-ring (bicyclic) bond motifs is 5. The van der Waals surface area contributed by atoms with Crippen molar-refractivity contribution < 1.29 is 9.53 Å². The highest BCUT2D eigenvalue weighted by atomic mass is 16.5. The van der Waals surface area contributed by atoms with Crippen LogP contribution in [0.3, 0.4) is 0 Å². The average Bonchev–Trinajstić information content (AvgIpc) is 3.13. The minimum atomic E-state index is -0.152. The molecule has 0 spiro atoms. The smallest absolute Gasteiger partial charge is 0.315 e. The molecular weight excluding hydrogens is 344 g/mol. The summed E-state index contributed by atoms with van der Waals surface area (Å²) in [5.41, 5.74) is 0.993. The molecular formula is C26H18O2. The van der Waals surface area contributed by atoms with Crippen LogP contribution < -0.4 is 4.74 Å². The molecule has 134 valence electrons. The SMILES string of the molecule is O=C1Cc2ccccc2O1.c1ccc2cc3c(ccc4ccccc43)cc2c1. The van der Waals surface area contributed by atoms with Crippen LogP contribution in [-0.4, -0.2) is 5.97 Å². The van der Waals surface area contributed by atoms with E-state index in [1.54, 1.807) is 6.07 Å². The van der Waals surface area contributed by atoms with E-state index in [9.17, 15) is 4.79 Å². The largest absolute Gasteiger partial charge is 0.426 e. The van der Waals surface area contributed by atoms with Crippen LogP contribution in [0.1, 0.15) is 5.56 Å². The monoisotopic (exact) mass is 362 g/mol. The highest BCUT2D eigenvalue weighted by Crippen LogP contribution is 2.29. The molecule has 6 rings (SSSR count). The van der Waals surface area contributed by atoms with Crippen molar-refractivity contribution in [3.63, 3.8) is 0 Å². The van der Waals surface area contributed by atoms with Gasteiger partial charge in [0, 0.05) is 5.56 Å². The van der Waals surface area contributed by atoms with Crippen LogP contribution in [-0.2, 0) is 11.2 Å². The summed E-state index contributed by atoms with van der Waals surface area (Å²) >= 11 is 0. The summed E-state index contributed by atoms with van der Waals surface area (Å²) < 4.78 is 4.87. The molecule has 0 bridgehead atoms.